The second kappa shape index (κ2) is 7.85. The molecule has 2 aromatic carbocycles. The molecule has 1 saturated carbocycles. The topological polar surface area (TPSA) is 30.7 Å². The molecule has 0 spiro atoms. The first kappa shape index (κ1) is 17.6. The van der Waals surface area contributed by atoms with Crippen molar-refractivity contribution in [3.63, 3.8) is 0 Å². The SMILES string of the molecule is Cc1cccc(CSc2nnc(-c3ccccc3Cl)n2C2CCCC2)c1. The minimum Gasteiger partial charge on any atom is -0.299 e. The van der Waals surface area contributed by atoms with E-state index in [1.165, 1.54) is 36.8 Å². The molecule has 0 aliphatic heterocycles. The van der Waals surface area contributed by atoms with Gasteiger partial charge in [0, 0.05) is 17.4 Å². The van der Waals surface area contributed by atoms with Gasteiger partial charge >= 0.3 is 0 Å². The van der Waals surface area contributed by atoms with E-state index in [2.05, 4.69) is 46.0 Å². The van der Waals surface area contributed by atoms with Crippen molar-refractivity contribution in [3.8, 4) is 11.4 Å². The molecule has 1 fully saturated rings. The molecular weight excluding hydrogens is 362 g/mol. The Morgan fingerprint density at radius 3 is 2.65 bits per heavy atom. The molecule has 26 heavy (non-hydrogen) atoms. The summed E-state index contributed by atoms with van der Waals surface area (Å²) in [5.74, 6) is 1.80. The van der Waals surface area contributed by atoms with Crippen LogP contribution in [0.2, 0.25) is 5.02 Å². The first-order valence-electron chi connectivity index (χ1n) is 9.10. The van der Waals surface area contributed by atoms with Crippen LogP contribution in [0.25, 0.3) is 11.4 Å². The van der Waals surface area contributed by atoms with Crippen LogP contribution >= 0.6 is 23.4 Å². The number of nitrogens with zero attached hydrogens (tertiary/aromatic N) is 3. The molecule has 1 heterocycles. The van der Waals surface area contributed by atoms with E-state index in [0.29, 0.717) is 6.04 Å². The Labute approximate surface area is 163 Å². The summed E-state index contributed by atoms with van der Waals surface area (Å²) in [7, 11) is 0. The molecule has 0 unspecified atom stereocenters. The van der Waals surface area contributed by atoms with E-state index in [0.717, 1.165) is 27.3 Å². The van der Waals surface area contributed by atoms with Gasteiger partial charge in [0.1, 0.15) is 0 Å². The molecule has 0 bridgehead atoms. The van der Waals surface area contributed by atoms with Crippen LogP contribution in [0.3, 0.4) is 0 Å². The number of benzene rings is 2. The van der Waals surface area contributed by atoms with Crippen molar-refractivity contribution in [2.24, 2.45) is 0 Å². The zero-order chi connectivity index (χ0) is 17.9. The maximum Gasteiger partial charge on any atom is 0.192 e. The predicted molar refractivity (Wildman–Crippen MR) is 109 cm³/mol. The molecule has 0 amide bonds. The summed E-state index contributed by atoms with van der Waals surface area (Å²) in [5, 5.41) is 10.8. The van der Waals surface area contributed by atoms with Crippen LogP contribution in [0, 0.1) is 6.92 Å². The number of hydrogen-bond acceptors (Lipinski definition) is 3. The van der Waals surface area contributed by atoms with Gasteiger partial charge in [0.2, 0.25) is 0 Å². The summed E-state index contributed by atoms with van der Waals surface area (Å²) in [6.45, 7) is 2.13. The molecule has 1 aromatic heterocycles. The molecule has 3 nitrogen and oxygen atoms in total. The highest BCUT2D eigenvalue weighted by Crippen LogP contribution is 2.38. The van der Waals surface area contributed by atoms with Crippen molar-refractivity contribution < 1.29 is 0 Å². The summed E-state index contributed by atoms with van der Waals surface area (Å²) in [6, 6.07) is 17.0. The molecular formula is C21H22ClN3S. The Morgan fingerprint density at radius 1 is 1.08 bits per heavy atom. The zero-order valence-electron chi connectivity index (χ0n) is 14.9. The summed E-state index contributed by atoms with van der Waals surface area (Å²) in [4.78, 5) is 0. The lowest BCUT2D eigenvalue weighted by molar-refractivity contribution is 0.485. The highest BCUT2D eigenvalue weighted by molar-refractivity contribution is 7.98. The van der Waals surface area contributed by atoms with Gasteiger partial charge in [-0.3, -0.25) is 4.57 Å². The second-order valence-electron chi connectivity index (χ2n) is 6.87. The van der Waals surface area contributed by atoms with Gasteiger partial charge in [0.25, 0.3) is 0 Å². The zero-order valence-corrected chi connectivity index (χ0v) is 16.4. The Kier molecular flexibility index (Phi) is 5.32. The van der Waals surface area contributed by atoms with E-state index in [9.17, 15) is 0 Å². The third-order valence-corrected chi connectivity index (χ3v) is 6.26. The van der Waals surface area contributed by atoms with Crippen molar-refractivity contribution in [2.75, 3.05) is 0 Å². The number of halogens is 1. The molecule has 5 heteroatoms. The number of thioether (sulfide) groups is 1. The number of aryl methyl sites for hydroxylation is 1. The molecule has 0 atom stereocenters. The Morgan fingerprint density at radius 2 is 1.88 bits per heavy atom. The molecule has 0 saturated heterocycles. The maximum absolute atomic E-state index is 6.45. The van der Waals surface area contributed by atoms with E-state index in [4.69, 9.17) is 11.6 Å². The van der Waals surface area contributed by atoms with Gasteiger partial charge in [-0.1, -0.05) is 78.2 Å². The van der Waals surface area contributed by atoms with Crippen LogP contribution in [0.4, 0.5) is 0 Å². The Hall–Kier alpha value is -1.78. The normalized spacial score (nSPS) is 14.8. The van der Waals surface area contributed by atoms with Gasteiger partial charge < -0.3 is 0 Å². The number of aromatic nitrogens is 3. The molecule has 3 aromatic rings. The fourth-order valence-corrected chi connectivity index (χ4v) is 4.81. The standard InChI is InChI=1S/C21H22ClN3S/c1-15-7-6-8-16(13-15)14-26-21-24-23-20(18-11-4-5-12-19(18)22)25(21)17-9-2-3-10-17/h4-8,11-13,17H,2-3,9-10,14H2,1H3. The van der Waals surface area contributed by atoms with Crippen molar-refractivity contribution in [3.05, 3.63) is 64.7 Å². The van der Waals surface area contributed by atoms with Crippen molar-refractivity contribution in [2.45, 2.75) is 49.6 Å². The van der Waals surface area contributed by atoms with Crippen LogP contribution in [0.1, 0.15) is 42.9 Å². The lowest BCUT2D eigenvalue weighted by Gasteiger charge is -2.17. The monoisotopic (exact) mass is 383 g/mol. The number of rotatable bonds is 5. The van der Waals surface area contributed by atoms with Gasteiger partial charge in [-0.05, 0) is 37.5 Å². The highest BCUT2D eigenvalue weighted by atomic mass is 35.5. The fourth-order valence-electron chi connectivity index (χ4n) is 3.64. The van der Waals surface area contributed by atoms with Crippen molar-refractivity contribution in [1.82, 2.24) is 14.8 Å². The Bertz CT molecular complexity index is 900. The summed E-state index contributed by atoms with van der Waals surface area (Å²) in [5.41, 5.74) is 3.57. The maximum atomic E-state index is 6.45. The molecule has 134 valence electrons. The molecule has 1 aliphatic rings. The van der Waals surface area contributed by atoms with Crippen LogP contribution < -0.4 is 0 Å². The Balaban J connectivity index is 1.67. The molecule has 1 aliphatic carbocycles. The van der Waals surface area contributed by atoms with Crippen molar-refractivity contribution >= 4 is 23.4 Å². The molecule has 0 N–H and O–H groups in total. The minimum absolute atomic E-state index is 0.469. The molecule has 0 radical (unpaired) electrons. The lowest BCUT2D eigenvalue weighted by atomic mass is 10.2. The van der Waals surface area contributed by atoms with Gasteiger partial charge in [0.05, 0.1) is 5.02 Å². The van der Waals surface area contributed by atoms with Crippen LogP contribution in [0.5, 0.6) is 0 Å². The lowest BCUT2D eigenvalue weighted by Crippen LogP contribution is -2.08. The second-order valence-corrected chi connectivity index (χ2v) is 8.22. The van der Waals surface area contributed by atoms with Gasteiger partial charge in [0.15, 0.2) is 11.0 Å². The largest absolute Gasteiger partial charge is 0.299 e. The average Bonchev–Trinajstić information content (AvgIpc) is 3.30. The van der Waals surface area contributed by atoms with Gasteiger partial charge in [-0.25, -0.2) is 0 Å². The minimum atomic E-state index is 0.469. The predicted octanol–water partition coefficient (Wildman–Crippen LogP) is 6.31. The van der Waals surface area contributed by atoms with Crippen molar-refractivity contribution in [1.29, 1.82) is 0 Å². The highest BCUT2D eigenvalue weighted by Gasteiger charge is 2.25. The fraction of sp³-hybridized carbons (Fsp3) is 0.333. The first-order chi connectivity index (χ1) is 12.7. The van der Waals surface area contributed by atoms with Crippen LogP contribution in [-0.4, -0.2) is 14.8 Å². The quantitative estimate of drug-likeness (QED) is 0.483. The summed E-state index contributed by atoms with van der Waals surface area (Å²) < 4.78 is 2.33. The van der Waals surface area contributed by atoms with E-state index in [-0.39, 0.29) is 0 Å². The van der Waals surface area contributed by atoms with Gasteiger partial charge in [-0.15, -0.1) is 10.2 Å². The van der Waals surface area contributed by atoms with Gasteiger partial charge in [-0.2, -0.15) is 0 Å². The third kappa shape index (κ3) is 3.67. The van der Waals surface area contributed by atoms with E-state index >= 15 is 0 Å². The van der Waals surface area contributed by atoms with E-state index in [1.807, 2.05) is 24.3 Å². The number of hydrogen-bond donors (Lipinski definition) is 0. The average molecular weight is 384 g/mol. The summed E-state index contributed by atoms with van der Waals surface area (Å²) in [6.07, 6.45) is 4.92. The first-order valence-corrected chi connectivity index (χ1v) is 10.5. The summed E-state index contributed by atoms with van der Waals surface area (Å²) >= 11 is 8.21. The van der Waals surface area contributed by atoms with E-state index < -0.39 is 0 Å². The smallest absolute Gasteiger partial charge is 0.192 e. The van der Waals surface area contributed by atoms with Crippen LogP contribution in [0.15, 0.2) is 53.7 Å². The molecule has 4 rings (SSSR count). The van der Waals surface area contributed by atoms with Crippen LogP contribution in [-0.2, 0) is 5.75 Å². The van der Waals surface area contributed by atoms with E-state index in [1.54, 1.807) is 11.8 Å². The third-order valence-electron chi connectivity index (χ3n) is 4.92.